The summed E-state index contributed by atoms with van der Waals surface area (Å²) in [6.45, 7) is 3.79. The molecule has 2 rings (SSSR count). The van der Waals surface area contributed by atoms with E-state index < -0.39 is 12.1 Å². The van der Waals surface area contributed by atoms with Crippen molar-refractivity contribution in [2.24, 2.45) is 0 Å². The van der Waals surface area contributed by atoms with Crippen molar-refractivity contribution < 1.29 is 28.5 Å². The number of benzene rings is 2. The number of rotatable bonds is 8. The molecule has 0 aromatic heterocycles. The Morgan fingerprint density at radius 1 is 1.04 bits per heavy atom. The third kappa shape index (κ3) is 4.94. The second kappa shape index (κ2) is 9.64. The van der Waals surface area contributed by atoms with Gasteiger partial charge in [0.25, 0.3) is 5.91 Å². The molecule has 2 aromatic carbocycles. The molecule has 0 saturated carbocycles. The molecule has 0 saturated heterocycles. The van der Waals surface area contributed by atoms with Gasteiger partial charge in [0.15, 0.2) is 17.6 Å². The van der Waals surface area contributed by atoms with Crippen LogP contribution in [0, 0.1) is 6.92 Å². The normalized spacial score (nSPS) is 11.3. The Kier molecular flexibility index (Phi) is 7.26. The van der Waals surface area contributed by atoms with Gasteiger partial charge < -0.3 is 24.3 Å². The number of carbonyl (C=O) groups excluding carboxylic acids is 2. The maximum Gasteiger partial charge on any atom is 0.340 e. The zero-order valence-electron chi connectivity index (χ0n) is 16.7. The summed E-state index contributed by atoms with van der Waals surface area (Å²) in [4.78, 5) is 24.9. The molecule has 0 fully saturated rings. The van der Waals surface area contributed by atoms with Crippen molar-refractivity contribution in [3.63, 3.8) is 0 Å². The van der Waals surface area contributed by atoms with Gasteiger partial charge >= 0.3 is 5.97 Å². The van der Waals surface area contributed by atoms with Crippen LogP contribution in [0.15, 0.2) is 36.4 Å². The minimum Gasteiger partial charge on any atom is -0.493 e. The summed E-state index contributed by atoms with van der Waals surface area (Å²) in [5.74, 6) is 0.329. The largest absolute Gasteiger partial charge is 0.493 e. The highest BCUT2D eigenvalue weighted by Gasteiger charge is 2.23. The van der Waals surface area contributed by atoms with Crippen molar-refractivity contribution in [1.82, 2.24) is 0 Å². The molecule has 0 unspecified atom stereocenters. The van der Waals surface area contributed by atoms with Crippen LogP contribution >= 0.6 is 0 Å². The summed E-state index contributed by atoms with van der Waals surface area (Å²) in [5.41, 5.74) is 1.43. The number of amides is 1. The summed E-state index contributed by atoms with van der Waals surface area (Å²) in [5, 5.41) is 2.74. The van der Waals surface area contributed by atoms with Gasteiger partial charge in [0.1, 0.15) is 5.75 Å². The van der Waals surface area contributed by atoms with E-state index in [0.29, 0.717) is 23.7 Å². The Bertz CT molecular complexity index is 849. The number of esters is 1. The lowest BCUT2D eigenvalue weighted by atomic mass is 10.1. The van der Waals surface area contributed by atoms with Crippen molar-refractivity contribution in [3.05, 3.63) is 47.5 Å². The third-order valence-electron chi connectivity index (χ3n) is 4.12. The van der Waals surface area contributed by atoms with E-state index in [1.807, 2.05) is 32.0 Å². The summed E-state index contributed by atoms with van der Waals surface area (Å²) >= 11 is 0. The van der Waals surface area contributed by atoms with Gasteiger partial charge in [0, 0.05) is 12.1 Å². The minimum atomic E-state index is -0.736. The van der Waals surface area contributed by atoms with E-state index in [1.165, 1.54) is 33.5 Å². The molecular formula is C21H25NO6. The first kappa shape index (κ1) is 21.1. The van der Waals surface area contributed by atoms with Crippen LogP contribution in [0.5, 0.6) is 17.2 Å². The summed E-state index contributed by atoms with van der Waals surface area (Å²) in [6.07, 6.45) is -0.291. The van der Waals surface area contributed by atoms with Gasteiger partial charge in [-0.25, -0.2) is 4.79 Å². The molecule has 7 heteroatoms. The molecule has 1 atom stereocenters. The molecule has 0 radical (unpaired) electrons. The number of ether oxygens (including phenoxy) is 4. The fourth-order valence-electron chi connectivity index (χ4n) is 2.65. The lowest BCUT2D eigenvalue weighted by Crippen LogP contribution is -2.33. The van der Waals surface area contributed by atoms with Crippen molar-refractivity contribution in [2.45, 2.75) is 26.4 Å². The van der Waals surface area contributed by atoms with Crippen LogP contribution in [0.1, 0.15) is 29.3 Å². The highest BCUT2D eigenvalue weighted by Crippen LogP contribution is 2.34. The fourth-order valence-corrected chi connectivity index (χ4v) is 2.65. The molecule has 1 amide bonds. The molecule has 0 spiro atoms. The SMILES string of the molecule is CC[C@H](Oc1cccc(C)c1)C(=O)Nc1cc(OC)c(OC)cc1C(=O)OC. The van der Waals surface area contributed by atoms with Gasteiger partial charge in [-0.2, -0.15) is 0 Å². The van der Waals surface area contributed by atoms with Crippen LogP contribution in [-0.2, 0) is 9.53 Å². The number of carbonyl (C=O) groups is 2. The molecule has 1 N–H and O–H groups in total. The highest BCUT2D eigenvalue weighted by molar-refractivity contribution is 6.03. The van der Waals surface area contributed by atoms with E-state index in [4.69, 9.17) is 18.9 Å². The number of nitrogens with one attached hydrogen (secondary N) is 1. The van der Waals surface area contributed by atoms with Crippen LogP contribution in [-0.4, -0.2) is 39.3 Å². The lowest BCUT2D eigenvalue weighted by Gasteiger charge is -2.19. The summed E-state index contributed by atoms with van der Waals surface area (Å²) in [7, 11) is 4.19. The number of hydrogen-bond acceptors (Lipinski definition) is 6. The molecule has 28 heavy (non-hydrogen) atoms. The van der Waals surface area contributed by atoms with Gasteiger partial charge in [-0.05, 0) is 31.0 Å². The standard InChI is InChI=1S/C21H25NO6/c1-6-17(28-14-9-7-8-13(2)10-14)20(23)22-16-12-19(26-4)18(25-3)11-15(16)21(24)27-5/h7-12,17H,6H2,1-5H3,(H,22,23)/t17-/m0/s1. The number of anilines is 1. The van der Waals surface area contributed by atoms with E-state index >= 15 is 0 Å². The smallest absolute Gasteiger partial charge is 0.340 e. The maximum absolute atomic E-state index is 12.8. The predicted octanol–water partition coefficient (Wildman–Crippen LogP) is 3.59. The summed E-state index contributed by atoms with van der Waals surface area (Å²) in [6, 6.07) is 10.4. The molecule has 0 aliphatic carbocycles. The lowest BCUT2D eigenvalue weighted by molar-refractivity contribution is -0.122. The minimum absolute atomic E-state index is 0.152. The second-order valence-electron chi connectivity index (χ2n) is 6.06. The molecule has 0 bridgehead atoms. The fraction of sp³-hybridized carbons (Fsp3) is 0.333. The van der Waals surface area contributed by atoms with E-state index in [9.17, 15) is 9.59 Å². The van der Waals surface area contributed by atoms with E-state index in [-0.39, 0.29) is 17.2 Å². The van der Waals surface area contributed by atoms with Crippen molar-refractivity contribution in [3.8, 4) is 17.2 Å². The highest BCUT2D eigenvalue weighted by atomic mass is 16.5. The molecule has 7 nitrogen and oxygen atoms in total. The predicted molar refractivity (Wildman–Crippen MR) is 105 cm³/mol. The van der Waals surface area contributed by atoms with Gasteiger partial charge in [0.2, 0.25) is 0 Å². The maximum atomic E-state index is 12.8. The van der Waals surface area contributed by atoms with Crippen LogP contribution in [0.3, 0.4) is 0 Å². The molecule has 150 valence electrons. The zero-order valence-corrected chi connectivity index (χ0v) is 16.7. The van der Waals surface area contributed by atoms with Crippen molar-refractivity contribution in [2.75, 3.05) is 26.6 Å². The topological polar surface area (TPSA) is 83.1 Å². The number of methoxy groups -OCH3 is 3. The van der Waals surface area contributed by atoms with Crippen LogP contribution in [0.2, 0.25) is 0 Å². The molecule has 2 aromatic rings. The van der Waals surface area contributed by atoms with Crippen molar-refractivity contribution >= 4 is 17.6 Å². The van der Waals surface area contributed by atoms with Gasteiger partial charge in [-0.1, -0.05) is 19.1 Å². The molecular weight excluding hydrogens is 362 g/mol. The monoisotopic (exact) mass is 387 g/mol. The Morgan fingerprint density at radius 3 is 2.29 bits per heavy atom. The van der Waals surface area contributed by atoms with E-state index in [2.05, 4.69) is 5.32 Å². The number of hydrogen-bond donors (Lipinski definition) is 1. The molecule has 0 aliphatic heterocycles. The van der Waals surface area contributed by atoms with Gasteiger partial charge in [0.05, 0.1) is 32.6 Å². The van der Waals surface area contributed by atoms with Crippen LogP contribution < -0.4 is 19.5 Å². The zero-order chi connectivity index (χ0) is 20.7. The average molecular weight is 387 g/mol. The molecule has 0 heterocycles. The Morgan fingerprint density at radius 2 is 1.71 bits per heavy atom. The first-order valence-corrected chi connectivity index (χ1v) is 8.82. The van der Waals surface area contributed by atoms with Crippen LogP contribution in [0.25, 0.3) is 0 Å². The first-order chi connectivity index (χ1) is 13.4. The van der Waals surface area contributed by atoms with Crippen LogP contribution in [0.4, 0.5) is 5.69 Å². The number of aryl methyl sites for hydroxylation is 1. The Hall–Kier alpha value is -3.22. The second-order valence-corrected chi connectivity index (χ2v) is 6.06. The van der Waals surface area contributed by atoms with E-state index in [0.717, 1.165) is 5.56 Å². The average Bonchev–Trinajstić information content (AvgIpc) is 2.70. The molecule has 0 aliphatic rings. The quantitative estimate of drug-likeness (QED) is 0.697. The van der Waals surface area contributed by atoms with E-state index in [1.54, 1.807) is 6.07 Å². The first-order valence-electron chi connectivity index (χ1n) is 8.82. The summed E-state index contributed by atoms with van der Waals surface area (Å²) < 4.78 is 21.1. The van der Waals surface area contributed by atoms with Gasteiger partial charge in [-0.15, -0.1) is 0 Å². The third-order valence-corrected chi connectivity index (χ3v) is 4.12. The Labute approximate surface area is 164 Å². The Balaban J connectivity index is 2.30. The van der Waals surface area contributed by atoms with Crippen molar-refractivity contribution in [1.29, 1.82) is 0 Å². The van der Waals surface area contributed by atoms with Gasteiger partial charge in [-0.3, -0.25) is 4.79 Å².